The first-order valence-electron chi connectivity index (χ1n) is 11.0. The van der Waals surface area contributed by atoms with Gasteiger partial charge in [0.2, 0.25) is 5.91 Å². The number of hydrogen-bond donors (Lipinski definition) is 2. The van der Waals surface area contributed by atoms with Crippen LogP contribution < -0.4 is 11.1 Å². The highest BCUT2D eigenvalue weighted by Crippen LogP contribution is 2.13. The molecule has 0 saturated heterocycles. The van der Waals surface area contributed by atoms with Crippen molar-refractivity contribution in [1.82, 2.24) is 5.32 Å². The number of benzene rings is 3. The van der Waals surface area contributed by atoms with Crippen LogP contribution in [0.5, 0.6) is 0 Å². The molecule has 0 aliphatic rings. The zero-order chi connectivity index (χ0) is 25.0. The van der Waals surface area contributed by atoms with Crippen molar-refractivity contribution in [1.29, 1.82) is 0 Å². The summed E-state index contributed by atoms with van der Waals surface area (Å²) in [6.45, 7) is 0.149. The third-order valence-electron chi connectivity index (χ3n) is 5.13. The van der Waals surface area contributed by atoms with Crippen LogP contribution in [0.3, 0.4) is 0 Å². The van der Waals surface area contributed by atoms with Gasteiger partial charge in [-0.15, -0.1) is 0 Å². The maximum atomic E-state index is 12.9. The van der Waals surface area contributed by atoms with E-state index in [1.54, 1.807) is 12.1 Å². The van der Waals surface area contributed by atoms with E-state index in [-0.39, 0.29) is 37.2 Å². The highest BCUT2D eigenvalue weighted by atomic mass is 16.5. The van der Waals surface area contributed by atoms with Crippen LogP contribution in [0.25, 0.3) is 0 Å². The molecule has 0 aliphatic heterocycles. The van der Waals surface area contributed by atoms with E-state index in [0.29, 0.717) is 0 Å². The lowest BCUT2D eigenvalue weighted by Gasteiger charge is -2.16. The van der Waals surface area contributed by atoms with Crippen LogP contribution in [0, 0.1) is 0 Å². The standard InChI is InChI=1S/C27H26N2O6/c28-25(31)23(15-16-24(30)34-17-19-9-3-1-4-10-19)29-26(32)21-13-7-8-14-22(21)27(33)35-18-20-11-5-2-6-12-20/h1-14,23H,15-18H2,(H2,28,31)(H,29,32)/t23-/m0/s1. The molecule has 0 aromatic heterocycles. The summed E-state index contributed by atoms with van der Waals surface area (Å²) >= 11 is 0. The first-order chi connectivity index (χ1) is 16.9. The fourth-order valence-corrected chi connectivity index (χ4v) is 3.25. The highest BCUT2D eigenvalue weighted by molar-refractivity contribution is 6.06. The fraction of sp³-hybridized carbons (Fsp3) is 0.185. The Labute approximate surface area is 203 Å². The van der Waals surface area contributed by atoms with E-state index in [0.717, 1.165) is 11.1 Å². The Bertz CT molecular complexity index is 1160. The van der Waals surface area contributed by atoms with Gasteiger partial charge in [-0.05, 0) is 29.7 Å². The molecular formula is C27H26N2O6. The summed E-state index contributed by atoms with van der Waals surface area (Å²) in [6, 6.07) is 23.3. The lowest BCUT2D eigenvalue weighted by atomic mass is 10.1. The molecule has 0 unspecified atom stereocenters. The Kier molecular flexibility index (Phi) is 9.13. The van der Waals surface area contributed by atoms with Gasteiger partial charge in [-0.2, -0.15) is 0 Å². The normalized spacial score (nSPS) is 11.2. The highest BCUT2D eigenvalue weighted by Gasteiger charge is 2.24. The zero-order valence-corrected chi connectivity index (χ0v) is 19.0. The maximum absolute atomic E-state index is 12.9. The van der Waals surface area contributed by atoms with Gasteiger partial charge >= 0.3 is 11.9 Å². The second kappa shape index (κ2) is 12.7. The number of nitrogens with one attached hydrogen (secondary N) is 1. The molecule has 1 atom stereocenters. The lowest BCUT2D eigenvalue weighted by molar-refractivity contribution is -0.145. The van der Waals surface area contributed by atoms with Gasteiger partial charge < -0.3 is 20.5 Å². The number of esters is 2. The molecule has 35 heavy (non-hydrogen) atoms. The van der Waals surface area contributed by atoms with Crippen LogP contribution in [0.4, 0.5) is 0 Å². The van der Waals surface area contributed by atoms with E-state index in [1.165, 1.54) is 12.1 Å². The van der Waals surface area contributed by atoms with Crippen molar-refractivity contribution in [2.45, 2.75) is 32.1 Å². The minimum absolute atomic E-state index is 0.0310. The minimum atomic E-state index is -1.12. The number of rotatable bonds is 11. The first-order valence-corrected chi connectivity index (χ1v) is 11.0. The second-order valence-electron chi connectivity index (χ2n) is 7.72. The first kappa shape index (κ1) is 25.2. The zero-order valence-electron chi connectivity index (χ0n) is 19.0. The summed E-state index contributed by atoms with van der Waals surface area (Å²) < 4.78 is 10.5. The summed E-state index contributed by atoms with van der Waals surface area (Å²) in [5, 5.41) is 2.50. The lowest BCUT2D eigenvalue weighted by Crippen LogP contribution is -2.45. The molecule has 0 bridgehead atoms. The van der Waals surface area contributed by atoms with Gasteiger partial charge in [0.05, 0.1) is 11.1 Å². The quantitative estimate of drug-likeness (QED) is 0.411. The van der Waals surface area contributed by atoms with Gasteiger partial charge in [0.15, 0.2) is 0 Å². The number of ether oxygens (including phenoxy) is 2. The van der Waals surface area contributed by atoms with E-state index in [1.807, 2.05) is 60.7 Å². The van der Waals surface area contributed by atoms with Crippen molar-refractivity contribution < 1.29 is 28.7 Å². The number of nitrogens with two attached hydrogens (primary N) is 1. The average Bonchev–Trinajstić information content (AvgIpc) is 2.89. The van der Waals surface area contributed by atoms with Gasteiger partial charge in [0, 0.05) is 6.42 Å². The number of primary amides is 1. The van der Waals surface area contributed by atoms with Crippen molar-refractivity contribution in [3.63, 3.8) is 0 Å². The van der Waals surface area contributed by atoms with Crippen LogP contribution in [0.1, 0.15) is 44.7 Å². The van der Waals surface area contributed by atoms with Crippen molar-refractivity contribution >= 4 is 23.8 Å². The molecule has 3 rings (SSSR count). The van der Waals surface area contributed by atoms with Crippen molar-refractivity contribution in [2.75, 3.05) is 0 Å². The molecular weight excluding hydrogens is 448 g/mol. The number of hydrogen-bond acceptors (Lipinski definition) is 6. The maximum Gasteiger partial charge on any atom is 0.339 e. The van der Waals surface area contributed by atoms with Crippen LogP contribution in [-0.2, 0) is 32.3 Å². The van der Waals surface area contributed by atoms with Crippen LogP contribution in [0.2, 0.25) is 0 Å². The molecule has 0 fully saturated rings. The molecule has 3 N–H and O–H groups in total. The van der Waals surface area contributed by atoms with Gasteiger partial charge in [-0.25, -0.2) is 4.79 Å². The van der Waals surface area contributed by atoms with Crippen LogP contribution >= 0.6 is 0 Å². The monoisotopic (exact) mass is 474 g/mol. The molecule has 8 nitrogen and oxygen atoms in total. The van der Waals surface area contributed by atoms with Gasteiger partial charge in [-0.3, -0.25) is 14.4 Å². The van der Waals surface area contributed by atoms with Crippen molar-refractivity contribution in [2.24, 2.45) is 5.73 Å². The Morgan fingerprint density at radius 1 is 0.714 bits per heavy atom. The Hall–Kier alpha value is -4.46. The molecule has 0 radical (unpaired) electrons. The predicted octanol–water partition coefficient (Wildman–Crippen LogP) is 3.15. The topological polar surface area (TPSA) is 125 Å². The van der Waals surface area contributed by atoms with Gasteiger partial charge in [0.25, 0.3) is 5.91 Å². The van der Waals surface area contributed by atoms with Crippen LogP contribution in [-0.4, -0.2) is 29.8 Å². The number of carbonyl (C=O) groups is 4. The largest absolute Gasteiger partial charge is 0.461 e. The summed E-state index contributed by atoms with van der Waals surface area (Å²) in [5.74, 6) is -2.70. The van der Waals surface area contributed by atoms with E-state index in [9.17, 15) is 19.2 Å². The Morgan fingerprint density at radius 2 is 1.23 bits per heavy atom. The molecule has 2 amide bonds. The Balaban J connectivity index is 1.57. The van der Waals surface area contributed by atoms with E-state index in [4.69, 9.17) is 15.2 Å². The third-order valence-corrected chi connectivity index (χ3v) is 5.13. The van der Waals surface area contributed by atoms with Crippen LogP contribution in [0.15, 0.2) is 84.9 Å². The van der Waals surface area contributed by atoms with Gasteiger partial charge in [0.1, 0.15) is 19.3 Å². The Morgan fingerprint density at radius 3 is 1.80 bits per heavy atom. The molecule has 8 heteroatoms. The third kappa shape index (κ3) is 7.82. The van der Waals surface area contributed by atoms with Crippen molar-refractivity contribution in [3.8, 4) is 0 Å². The predicted molar refractivity (Wildman–Crippen MR) is 128 cm³/mol. The summed E-state index contributed by atoms with van der Waals surface area (Å²) in [7, 11) is 0. The SMILES string of the molecule is NC(=O)[C@H](CCC(=O)OCc1ccccc1)NC(=O)c1ccccc1C(=O)OCc1ccccc1. The molecule has 3 aromatic rings. The van der Waals surface area contributed by atoms with Gasteiger partial charge in [-0.1, -0.05) is 72.8 Å². The number of amides is 2. The summed E-state index contributed by atoms with van der Waals surface area (Å²) in [6.07, 6.45) is -0.170. The van der Waals surface area contributed by atoms with E-state index in [2.05, 4.69) is 5.32 Å². The summed E-state index contributed by atoms with van der Waals surface area (Å²) in [5.41, 5.74) is 7.14. The smallest absolute Gasteiger partial charge is 0.339 e. The average molecular weight is 475 g/mol. The van der Waals surface area contributed by atoms with Crippen molar-refractivity contribution in [3.05, 3.63) is 107 Å². The molecule has 180 valence electrons. The van der Waals surface area contributed by atoms with E-state index >= 15 is 0 Å². The van der Waals surface area contributed by atoms with E-state index < -0.39 is 29.8 Å². The molecule has 0 heterocycles. The number of carbonyl (C=O) groups excluding carboxylic acids is 4. The second-order valence-corrected chi connectivity index (χ2v) is 7.72. The molecule has 0 spiro atoms. The summed E-state index contributed by atoms with van der Waals surface area (Å²) in [4.78, 5) is 49.5. The molecule has 0 saturated carbocycles. The minimum Gasteiger partial charge on any atom is -0.461 e. The molecule has 0 aliphatic carbocycles. The fourth-order valence-electron chi connectivity index (χ4n) is 3.25. The molecule has 3 aromatic carbocycles.